The van der Waals surface area contributed by atoms with E-state index in [2.05, 4.69) is 14.9 Å². The van der Waals surface area contributed by atoms with Crippen LogP contribution in [-0.2, 0) is 14.9 Å². The van der Waals surface area contributed by atoms with Gasteiger partial charge in [0.15, 0.2) is 0 Å². The van der Waals surface area contributed by atoms with Gasteiger partial charge >= 0.3 is 0 Å². The molecular formula is C11H26N4O3S. The van der Waals surface area contributed by atoms with E-state index in [0.717, 1.165) is 39.1 Å². The molecule has 0 radical (unpaired) electrons. The number of methoxy groups -OCH3 is 1. The van der Waals surface area contributed by atoms with E-state index in [-0.39, 0.29) is 0 Å². The van der Waals surface area contributed by atoms with Gasteiger partial charge in [-0.25, -0.2) is 4.72 Å². The molecule has 1 heterocycles. The Balaban J connectivity index is 2.16. The van der Waals surface area contributed by atoms with Crippen molar-refractivity contribution >= 4 is 10.2 Å². The van der Waals surface area contributed by atoms with Crippen LogP contribution >= 0.6 is 0 Å². The van der Waals surface area contributed by atoms with Crippen molar-refractivity contribution in [3.8, 4) is 0 Å². The third-order valence-electron chi connectivity index (χ3n) is 3.17. The summed E-state index contributed by atoms with van der Waals surface area (Å²) in [7, 11) is -0.253. The maximum Gasteiger partial charge on any atom is 0.279 e. The first-order valence-electron chi connectivity index (χ1n) is 6.69. The summed E-state index contributed by atoms with van der Waals surface area (Å²) in [6.45, 7) is 6.30. The van der Waals surface area contributed by atoms with Crippen molar-refractivity contribution in [1.29, 1.82) is 0 Å². The minimum atomic E-state index is -3.36. The summed E-state index contributed by atoms with van der Waals surface area (Å²) >= 11 is 0. The lowest BCUT2D eigenvalue weighted by molar-refractivity contribution is 0.184. The second-order valence-corrected chi connectivity index (χ2v) is 6.52. The molecule has 2 N–H and O–H groups in total. The van der Waals surface area contributed by atoms with Crippen LogP contribution in [0.15, 0.2) is 0 Å². The minimum Gasteiger partial charge on any atom is -0.383 e. The topological polar surface area (TPSA) is 73.9 Å². The second-order valence-electron chi connectivity index (χ2n) is 4.66. The van der Waals surface area contributed by atoms with Crippen LogP contribution in [0.3, 0.4) is 0 Å². The summed E-state index contributed by atoms with van der Waals surface area (Å²) in [5.41, 5.74) is 0. The molecule has 0 unspecified atom stereocenters. The summed E-state index contributed by atoms with van der Waals surface area (Å²) < 4.78 is 32.4. The highest BCUT2D eigenvalue weighted by Gasteiger charge is 2.16. The fourth-order valence-corrected chi connectivity index (χ4v) is 2.83. The number of nitrogens with zero attached hydrogens (tertiary/aromatic N) is 2. The van der Waals surface area contributed by atoms with E-state index in [1.54, 1.807) is 14.2 Å². The molecule has 19 heavy (non-hydrogen) atoms. The molecule has 0 atom stereocenters. The highest BCUT2D eigenvalue weighted by molar-refractivity contribution is 7.87. The van der Waals surface area contributed by atoms with Gasteiger partial charge in [-0.2, -0.15) is 12.7 Å². The van der Waals surface area contributed by atoms with Crippen molar-refractivity contribution in [2.45, 2.75) is 6.42 Å². The molecule has 1 fully saturated rings. The molecule has 0 aliphatic carbocycles. The average molecular weight is 294 g/mol. The first kappa shape index (κ1) is 16.8. The highest BCUT2D eigenvalue weighted by Crippen LogP contribution is 1.96. The predicted octanol–water partition coefficient (Wildman–Crippen LogP) is -1.31. The van der Waals surface area contributed by atoms with E-state index < -0.39 is 10.2 Å². The molecular weight excluding hydrogens is 268 g/mol. The predicted molar refractivity (Wildman–Crippen MR) is 75.4 cm³/mol. The monoisotopic (exact) mass is 294 g/mol. The van der Waals surface area contributed by atoms with Crippen LogP contribution in [0.2, 0.25) is 0 Å². The Labute approximate surface area is 116 Å². The van der Waals surface area contributed by atoms with E-state index in [4.69, 9.17) is 4.74 Å². The summed E-state index contributed by atoms with van der Waals surface area (Å²) in [6.07, 6.45) is 0.831. The van der Waals surface area contributed by atoms with Gasteiger partial charge in [-0.15, -0.1) is 0 Å². The molecule has 0 aromatic heterocycles. The van der Waals surface area contributed by atoms with E-state index in [9.17, 15) is 8.42 Å². The van der Waals surface area contributed by atoms with Crippen LogP contribution in [0.5, 0.6) is 0 Å². The Bertz CT molecular complexity index is 331. The van der Waals surface area contributed by atoms with Gasteiger partial charge in [0.1, 0.15) is 0 Å². The average Bonchev–Trinajstić information content (AvgIpc) is 2.42. The molecule has 0 amide bonds. The van der Waals surface area contributed by atoms with Crippen LogP contribution in [0.1, 0.15) is 6.42 Å². The normalized spacial score (nSPS) is 18.1. The van der Waals surface area contributed by atoms with Crippen LogP contribution in [0, 0.1) is 0 Å². The number of rotatable bonds is 9. The van der Waals surface area contributed by atoms with Crippen LogP contribution in [-0.4, -0.2) is 84.2 Å². The Morgan fingerprint density at radius 3 is 2.68 bits per heavy atom. The number of hydrogen-bond acceptors (Lipinski definition) is 5. The molecule has 0 aromatic carbocycles. The van der Waals surface area contributed by atoms with Crippen molar-refractivity contribution in [2.24, 2.45) is 0 Å². The number of likely N-dealkylation sites (N-methyl/N-ethyl adjacent to an activating group) is 1. The molecule has 0 saturated carbocycles. The first-order chi connectivity index (χ1) is 9.06. The Kier molecular flexibility index (Phi) is 7.81. The van der Waals surface area contributed by atoms with Gasteiger partial charge in [0, 0.05) is 53.4 Å². The van der Waals surface area contributed by atoms with E-state index in [1.807, 2.05) is 0 Å². The fraction of sp³-hybridized carbons (Fsp3) is 1.00. The zero-order valence-corrected chi connectivity index (χ0v) is 12.7. The number of nitrogens with one attached hydrogen (secondary N) is 2. The number of ether oxygens (including phenoxy) is 1. The smallest absolute Gasteiger partial charge is 0.279 e. The Morgan fingerprint density at radius 1 is 1.37 bits per heavy atom. The van der Waals surface area contributed by atoms with Gasteiger partial charge in [-0.3, -0.25) is 0 Å². The van der Waals surface area contributed by atoms with Crippen molar-refractivity contribution < 1.29 is 13.2 Å². The van der Waals surface area contributed by atoms with E-state index in [0.29, 0.717) is 19.7 Å². The van der Waals surface area contributed by atoms with Crippen molar-refractivity contribution in [2.75, 3.05) is 66.6 Å². The SMILES string of the molecule is COCCN(C)S(=O)(=O)NCCCN1CCNCC1. The first-order valence-corrected chi connectivity index (χ1v) is 8.13. The molecule has 114 valence electrons. The van der Waals surface area contributed by atoms with Crippen molar-refractivity contribution in [3.05, 3.63) is 0 Å². The zero-order chi connectivity index (χ0) is 14.1. The van der Waals surface area contributed by atoms with E-state index in [1.165, 1.54) is 4.31 Å². The van der Waals surface area contributed by atoms with Gasteiger partial charge < -0.3 is 15.0 Å². The largest absolute Gasteiger partial charge is 0.383 e. The molecule has 7 nitrogen and oxygen atoms in total. The lowest BCUT2D eigenvalue weighted by atomic mass is 10.3. The van der Waals surface area contributed by atoms with Crippen LogP contribution < -0.4 is 10.0 Å². The summed E-state index contributed by atoms with van der Waals surface area (Å²) in [4.78, 5) is 2.35. The lowest BCUT2D eigenvalue weighted by Crippen LogP contribution is -2.45. The Morgan fingerprint density at radius 2 is 2.05 bits per heavy atom. The maximum atomic E-state index is 11.8. The van der Waals surface area contributed by atoms with Crippen molar-refractivity contribution in [1.82, 2.24) is 19.2 Å². The maximum absolute atomic E-state index is 11.8. The van der Waals surface area contributed by atoms with Crippen LogP contribution in [0.4, 0.5) is 0 Å². The fourth-order valence-electron chi connectivity index (χ4n) is 1.89. The number of hydrogen-bond donors (Lipinski definition) is 2. The van der Waals surface area contributed by atoms with Crippen molar-refractivity contribution in [3.63, 3.8) is 0 Å². The zero-order valence-electron chi connectivity index (χ0n) is 11.9. The van der Waals surface area contributed by atoms with Gasteiger partial charge in [-0.1, -0.05) is 0 Å². The van der Waals surface area contributed by atoms with Gasteiger partial charge in [-0.05, 0) is 13.0 Å². The molecule has 8 heteroatoms. The lowest BCUT2D eigenvalue weighted by Gasteiger charge is -2.27. The molecule has 0 spiro atoms. The molecule has 1 rings (SSSR count). The quantitative estimate of drug-likeness (QED) is 0.517. The molecule has 0 aromatic rings. The highest BCUT2D eigenvalue weighted by atomic mass is 32.2. The third kappa shape index (κ3) is 6.64. The molecule has 1 aliphatic heterocycles. The second kappa shape index (κ2) is 8.83. The summed E-state index contributed by atoms with van der Waals surface area (Å²) in [5.74, 6) is 0. The molecule has 1 saturated heterocycles. The van der Waals surface area contributed by atoms with Crippen LogP contribution in [0.25, 0.3) is 0 Å². The summed E-state index contributed by atoms with van der Waals surface area (Å²) in [5, 5.41) is 3.29. The number of piperazine rings is 1. The molecule has 1 aliphatic rings. The van der Waals surface area contributed by atoms with E-state index >= 15 is 0 Å². The van der Waals surface area contributed by atoms with Gasteiger partial charge in [0.25, 0.3) is 10.2 Å². The summed E-state index contributed by atoms with van der Waals surface area (Å²) in [6, 6.07) is 0. The third-order valence-corrected chi connectivity index (χ3v) is 4.74. The Hall–Kier alpha value is -0.250. The van der Waals surface area contributed by atoms with Gasteiger partial charge in [0.2, 0.25) is 0 Å². The standard InChI is InChI=1S/C11H26N4O3S/c1-14(10-11-18-2)19(16,17)13-4-3-7-15-8-5-12-6-9-15/h12-13H,3-11H2,1-2H3. The molecule has 0 bridgehead atoms. The van der Waals surface area contributed by atoms with Gasteiger partial charge in [0.05, 0.1) is 6.61 Å². The minimum absolute atomic E-state index is 0.365.